The number of fused-ring (bicyclic) bond motifs is 1. The highest BCUT2D eigenvalue weighted by Crippen LogP contribution is 2.26. The van der Waals surface area contributed by atoms with Crippen LogP contribution in [0.15, 0.2) is 24.3 Å². The summed E-state index contributed by atoms with van der Waals surface area (Å²) in [5.74, 6) is 0. The van der Waals surface area contributed by atoms with Gasteiger partial charge in [-0.05, 0) is 6.07 Å². The molecule has 17 heavy (non-hydrogen) atoms. The van der Waals surface area contributed by atoms with Gasteiger partial charge in [0.2, 0.25) is 0 Å². The zero-order valence-electron chi connectivity index (χ0n) is 9.36. The lowest BCUT2D eigenvalue weighted by Gasteiger charge is -2.13. The third-order valence-corrected chi connectivity index (χ3v) is 3.10. The number of nitrogens with zero attached hydrogens (tertiary/aromatic N) is 1. The van der Waals surface area contributed by atoms with Gasteiger partial charge in [0.05, 0.1) is 5.69 Å². The lowest BCUT2D eigenvalue weighted by Crippen LogP contribution is -2.23. The molecule has 1 aliphatic rings. The first-order chi connectivity index (χ1) is 8.38. The first-order valence-electron chi connectivity index (χ1n) is 5.71. The zero-order valence-corrected chi connectivity index (χ0v) is 9.36. The van der Waals surface area contributed by atoms with E-state index < -0.39 is 0 Å². The minimum Gasteiger partial charge on any atom is -0.312 e. The van der Waals surface area contributed by atoms with E-state index in [1.54, 1.807) is 6.07 Å². The van der Waals surface area contributed by atoms with Crippen molar-refractivity contribution in [3.8, 4) is 11.3 Å². The summed E-state index contributed by atoms with van der Waals surface area (Å²) in [4.78, 5) is 10.8. The van der Waals surface area contributed by atoms with Crippen molar-refractivity contribution in [2.75, 3.05) is 6.54 Å². The van der Waals surface area contributed by atoms with E-state index in [-0.39, 0.29) is 0 Å². The van der Waals surface area contributed by atoms with Crippen molar-refractivity contribution in [1.29, 1.82) is 0 Å². The van der Waals surface area contributed by atoms with Crippen molar-refractivity contribution in [3.63, 3.8) is 0 Å². The third-order valence-electron chi connectivity index (χ3n) is 3.10. The van der Waals surface area contributed by atoms with Crippen LogP contribution in [0.3, 0.4) is 0 Å². The molecule has 1 aliphatic heterocycles. The van der Waals surface area contributed by atoms with Crippen molar-refractivity contribution in [3.05, 3.63) is 41.1 Å². The van der Waals surface area contributed by atoms with Crippen molar-refractivity contribution in [2.45, 2.75) is 13.0 Å². The summed E-state index contributed by atoms with van der Waals surface area (Å²) in [7, 11) is 0. The van der Waals surface area contributed by atoms with Gasteiger partial charge in [0.15, 0.2) is 0 Å². The number of aldehydes is 1. The molecule has 1 aromatic carbocycles. The second-order valence-electron chi connectivity index (χ2n) is 4.20. The fraction of sp³-hybridized carbons (Fsp3) is 0.231. The van der Waals surface area contributed by atoms with Gasteiger partial charge in [-0.3, -0.25) is 9.89 Å². The van der Waals surface area contributed by atoms with Crippen molar-refractivity contribution in [1.82, 2.24) is 15.5 Å². The maximum absolute atomic E-state index is 10.8. The number of hydrogen-bond acceptors (Lipinski definition) is 3. The minimum absolute atomic E-state index is 0.683. The monoisotopic (exact) mass is 227 g/mol. The molecule has 0 radical (unpaired) electrons. The maximum Gasteiger partial charge on any atom is 0.150 e. The molecule has 2 heterocycles. The van der Waals surface area contributed by atoms with Crippen LogP contribution in [-0.2, 0) is 13.0 Å². The first-order valence-corrected chi connectivity index (χ1v) is 5.71. The van der Waals surface area contributed by atoms with E-state index in [1.165, 1.54) is 11.3 Å². The van der Waals surface area contributed by atoms with Gasteiger partial charge in [0, 0.05) is 41.9 Å². The summed E-state index contributed by atoms with van der Waals surface area (Å²) in [6, 6.07) is 7.54. The Morgan fingerprint density at radius 1 is 1.35 bits per heavy atom. The van der Waals surface area contributed by atoms with E-state index in [4.69, 9.17) is 0 Å². The van der Waals surface area contributed by atoms with E-state index in [1.807, 2.05) is 18.2 Å². The lowest BCUT2D eigenvalue weighted by atomic mass is 10.0. The van der Waals surface area contributed by atoms with Crippen LogP contribution in [0.25, 0.3) is 11.3 Å². The molecule has 0 spiro atoms. The number of aromatic nitrogens is 2. The highest BCUT2D eigenvalue weighted by Gasteiger charge is 2.17. The molecule has 0 amide bonds. The smallest absolute Gasteiger partial charge is 0.150 e. The second-order valence-corrected chi connectivity index (χ2v) is 4.20. The van der Waals surface area contributed by atoms with E-state index >= 15 is 0 Å². The number of H-pyrrole nitrogens is 1. The van der Waals surface area contributed by atoms with Crippen LogP contribution < -0.4 is 5.32 Å². The maximum atomic E-state index is 10.8. The number of rotatable bonds is 2. The van der Waals surface area contributed by atoms with Crippen LogP contribution in [-0.4, -0.2) is 23.0 Å². The molecule has 0 saturated carbocycles. The highest BCUT2D eigenvalue weighted by molar-refractivity contribution is 5.78. The molecule has 3 rings (SSSR count). The van der Waals surface area contributed by atoms with E-state index in [0.717, 1.165) is 37.1 Å². The summed E-state index contributed by atoms with van der Waals surface area (Å²) in [6.07, 6.45) is 1.84. The molecule has 0 unspecified atom stereocenters. The Balaban J connectivity index is 2.08. The van der Waals surface area contributed by atoms with Gasteiger partial charge in [-0.15, -0.1) is 0 Å². The van der Waals surface area contributed by atoms with Crippen LogP contribution in [0.1, 0.15) is 21.6 Å². The Kier molecular flexibility index (Phi) is 2.49. The van der Waals surface area contributed by atoms with Crippen LogP contribution >= 0.6 is 0 Å². The van der Waals surface area contributed by atoms with Crippen LogP contribution in [0.5, 0.6) is 0 Å². The molecule has 0 aliphatic carbocycles. The molecular weight excluding hydrogens is 214 g/mol. The van der Waals surface area contributed by atoms with Gasteiger partial charge in [-0.1, -0.05) is 18.2 Å². The average Bonchev–Trinajstić information content (AvgIpc) is 2.82. The van der Waals surface area contributed by atoms with Crippen LogP contribution in [0.2, 0.25) is 0 Å². The number of aromatic amines is 1. The van der Waals surface area contributed by atoms with Crippen molar-refractivity contribution < 1.29 is 4.79 Å². The molecule has 86 valence electrons. The Hall–Kier alpha value is -1.94. The molecule has 2 N–H and O–H groups in total. The predicted molar refractivity (Wildman–Crippen MR) is 64.8 cm³/mol. The standard InChI is InChI=1S/C13H13N3O/c17-8-9-2-1-3-10(6-9)13-11-7-14-5-4-12(11)15-16-13/h1-3,6,8,14H,4-5,7H2,(H,15,16). The molecule has 0 atom stereocenters. The van der Waals surface area contributed by atoms with Gasteiger partial charge >= 0.3 is 0 Å². The number of hydrogen-bond donors (Lipinski definition) is 2. The SMILES string of the molecule is O=Cc1cccc(-c2n[nH]c3c2CNCC3)c1. The third kappa shape index (κ3) is 1.76. The molecule has 2 aromatic rings. The lowest BCUT2D eigenvalue weighted by molar-refractivity contribution is 0.112. The van der Waals surface area contributed by atoms with E-state index in [9.17, 15) is 4.79 Å². The predicted octanol–water partition coefficient (Wildman–Crippen LogP) is 1.53. The van der Waals surface area contributed by atoms with Crippen molar-refractivity contribution >= 4 is 6.29 Å². The number of benzene rings is 1. The summed E-state index contributed by atoms with van der Waals surface area (Å²) >= 11 is 0. The topological polar surface area (TPSA) is 57.8 Å². The normalized spacial score (nSPS) is 14.4. The Labute approximate surface area is 99.1 Å². The Bertz CT molecular complexity index is 560. The largest absolute Gasteiger partial charge is 0.312 e. The van der Waals surface area contributed by atoms with Gasteiger partial charge in [0.1, 0.15) is 6.29 Å². The van der Waals surface area contributed by atoms with Gasteiger partial charge in [-0.2, -0.15) is 5.10 Å². The summed E-state index contributed by atoms with van der Waals surface area (Å²) < 4.78 is 0. The average molecular weight is 227 g/mol. The summed E-state index contributed by atoms with van der Waals surface area (Å²) in [5.41, 5.74) is 5.06. The molecule has 0 saturated heterocycles. The van der Waals surface area contributed by atoms with Crippen LogP contribution in [0.4, 0.5) is 0 Å². The Morgan fingerprint density at radius 2 is 2.29 bits per heavy atom. The van der Waals surface area contributed by atoms with Gasteiger partial charge in [0.25, 0.3) is 0 Å². The zero-order chi connectivity index (χ0) is 11.7. The first kappa shape index (κ1) is 10.2. The summed E-state index contributed by atoms with van der Waals surface area (Å²) in [5, 5.41) is 10.8. The van der Waals surface area contributed by atoms with Gasteiger partial charge < -0.3 is 5.32 Å². The number of nitrogens with one attached hydrogen (secondary N) is 2. The van der Waals surface area contributed by atoms with Crippen LogP contribution in [0, 0.1) is 0 Å². The summed E-state index contributed by atoms with van der Waals surface area (Å²) in [6.45, 7) is 1.83. The number of carbonyl (C=O) groups excluding carboxylic acids is 1. The molecule has 4 nitrogen and oxygen atoms in total. The molecule has 1 aromatic heterocycles. The molecule has 0 fully saturated rings. The number of carbonyl (C=O) groups is 1. The minimum atomic E-state index is 0.683. The van der Waals surface area contributed by atoms with Crippen molar-refractivity contribution in [2.24, 2.45) is 0 Å². The fourth-order valence-corrected chi connectivity index (χ4v) is 2.22. The molecular formula is C13H13N3O. The second kappa shape index (κ2) is 4.14. The van der Waals surface area contributed by atoms with E-state index in [0.29, 0.717) is 5.56 Å². The molecule has 4 heteroatoms. The quantitative estimate of drug-likeness (QED) is 0.765. The Morgan fingerprint density at radius 3 is 3.18 bits per heavy atom. The molecule has 0 bridgehead atoms. The fourth-order valence-electron chi connectivity index (χ4n) is 2.22. The van der Waals surface area contributed by atoms with Gasteiger partial charge in [-0.25, -0.2) is 0 Å². The van der Waals surface area contributed by atoms with E-state index in [2.05, 4.69) is 15.5 Å². The highest BCUT2D eigenvalue weighted by atomic mass is 16.1.